The SMILES string of the molecule is O=C(c1cnc(NCc2cccnc2)nc1)N1CCN(c2ccc(F)cc2)CC1. The maximum absolute atomic E-state index is 13.1. The summed E-state index contributed by atoms with van der Waals surface area (Å²) in [6.45, 7) is 3.15. The minimum absolute atomic E-state index is 0.0810. The van der Waals surface area contributed by atoms with E-state index in [-0.39, 0.29) is 11.7 Å². The molecule has 1 fully saturated rings. The molecule has 3 aromatic rings. The van der Waals surface area contributed by atoms with E-state index in [9.17, 15) is 9.18 Å². The molecule has 4 rings (SSSR count). The molecular weight excluding hydrogens is 371 g/mol. The second-order valence-corrected chi connectivity index (χ2v) is 6.77. The van der Waals surface area contributed by atoms with Gasteiger partial charge in [0.1, 0.15) is 5.82 Å². The van der Waals surface area contributed by atoms with Crippen molar-refractivity contribution in [1.29, 1.82) is 0 Å². The van der Waals surface area contributed by atoms with Crippen LogP contribution in [0, 0.1) is 5.82 Å². The fourth-order valence-corrected chi connectivity index (χ4v) is 3.22. The highest BCUT2D eigenvalue weighted by atomic mass is 19.1. The lowest BCUT2D eigenvalue weighted by Gasteiger charge is -2.36. The highest BCUT2D eigenvalue weighted by Crippen LogP contribution is 2.18. The number of hydrogen-bond acceptors (Lipinski definition) is 6. The van der Waals surface area contributed by atoms with Gasteiger partial charge >= 0.3 is 0 Å². The van der Waals surface area contributed by atoms with Crippen molar-refractivity contribution in [3.8, 4) is 0 Å². The molecule has 7 nitrogen and oxygen atoms in total. The van der Waals surface area contributed by atoms with Crippen molar-refractivity contribution in [3.63, 3.8) is 0 Å². The van der Waals surface area contributed by atoms with Crippen molar-refractivity contribution >= 4 is 17.5 Å². The number of aromatic nitrogens is 3. The van der Waals surface area contributed by atoms with E-state index < -0.39 is 0 Å². The molecule has 8 heteroatoms. The van der Waals surface area contributed by atoms with Gasteiger partial charge in [-0.25, -0.2) is 14.4 Å². The van der Waals surface area contributed by atoms with Crippen LogP contribution in [0.5, 0.6) is 0 Å². The Morgan fingerprint density at radius 2 is 1.72 bits per heavy atom. The highest BCUT2D eigenvalue weighted by molar-refractivity contribution is 5.93. The number of nitrogens with zero attached hydrogens (tertiary/aromatic N) is 5. The van der Waals surface area contributed by atoms with Crippen molar-refractivity contribution in [3.05, 3.63) is 78.1 Å². The molecule has 1 aromatic carbocycles. The summed E-state index contributed by atoms with van der Waals surface area (Å²) >= 11 is 0. The zero-order valence-electron chi connectivity index (χ0n) is 15.8. The van der Waals surface area contributed by atoms with Crippen LogP contribution < -0.4 is 10.2 Å². The molecule has 1 aliphatic rings. The molecule has 0 radical (unpaired) electrons. The van der Waals surface area contributed by atoms with Gasteiger partial charge in [0.2, 0.25) is 5.95 Å². The first-order chi connectivity index (χ1) is 14.2. The van der Waals surface area contributed by atoms with Gasteiger partial charge in [-0.05, 0) is 35.9 Å². The zero-order chi connectivity index (χ0) is 20.1. The normalized spacial score (nSPS) is 14.0. The van der Waals surface area contributed by atoms with E-state index in [0.717, 1.165) is 11.3 Å². The maximum atomic E-state index is 13.1. The second kappa shape index (κ2) is 8.64. The topological polar surface area (TPSA) is 74.2 Å². The molecule has 0 atom stereocenters. The van der Waals surface area contributed by atoms with Crippen LogP contribution in [0.1, 0.15) is 15.9 Å². The molecule has 1 N–H and O–H groups in total. The Kier molecular flexibility index (Phi) is 5.60. The van der Waals surface area contributed by atoms with Crippen molar-refractivity contribution in [1.82, 2.24) is 19.9 Å². The monoisotopic (exact) mass is 392 g/mol. The van der Waals surface area contributed by atoms with Crippen LogP contribution in [0.4, 0.5) is 16.0 Å². The number of hydrogen-bond donors (Lipinski definition) is 1. The summed E-state index contributed by atoms with van der Waals surface area (Å²) < 4.78 is 13.1. The summed E-state index contributed by atoms with van der Waals surface area (Å²) in [7, 11) is 0. The van der Waals surface area contributed by atoms with Crippen molar-refractivity contribution < 1.29 is 9.18 Å². The number of nitrogens with one attached hydrogen (secondary N) is 1. The molecule has 0 saturated carbocycles. The van der Waals surface area contributed by atoms with Crippen molar-refractivity contribution in [2.45, 2.75) is 6.54 Å². The first-order valence-corrected chi connectivity index (χ1v) is 9.44. The first-order valence-electron chi connectivity index (χ1n) is 9.44. The number of benzene rings is 1. The summed E-state index contributed by atoms with van der Waals surface area (Å²) in [5.74, 6) is 0.134. The van der Waals surface area contributed by atoms with Crippen LogP contribution in [0.25, 0.3) is 0 Å². The Labute approximate surface area is 168 Å². The number of pyridine rings is 1. The summed E-state index contributed by atoms with van der Waals surface area (Å²) in [6, 6.07) is 10.3. The van der Waals surface area contributed by atoms with Gasteiger partial charge in [0.15, 0.2) is 0 Å². The maximum Gasteiger partial charge on any atom is 0.257 e. The molecule has 0 bridgehead atoms. The number of piperazine rings is 1. The summed E-state index contributed by atoms with van der Waals surface area (Å²) in [5, 5.41) is 3.11. The summed E-state index contributed by atoms with van der Waals surface area (Å²) in [5.41, 5.74) is 2.45. The largest absolute Gasteiger partial charge is 0.368 e. The minimum Gasteiger partial charge on any atom is -0.368 e. The average molecular weight is 392 g/mol. The molecule has 0 unspecified atom stereocenters. The number of rotatable bonds is 5. The molecule has 1 amide bonds. The lowest BCUT2D eigenvalue weighted by molar-refractivity contribution is 0.0746. The molecule has 1 aliphatic heterocycles. The van der Waals surface area contributed by atoms with Crippen LogP contribution in [-0.2, 0) is 6.54 Å². The Bertz CT molecular complexity index is 941. The Hall–Kier alpha value is -3.55. The van der Waals surface area contributed by atoms with Crippen LogP contribution in [-0.4, -0.2) is 51.9 Å². The van der Waals surface area contributed by atoms with Crippen LogP contribution in [0.15, 0.2) is 61.2 Å². The zero-order valence-corrected chi connectivity index (χ0v) is 15.8. The predicted molar refractivity (Wildman–Crippen MR) is 108 cm³/mol. The number of amides is 1. The van der Waals surface area contributed by atoms with Gasteiger partial charge < -0.3 is 15.1 Å². The Morgan fingerprint density at radius 3 is 2.38 bits per heavy atom. The second-order valence-electron chi connectivity index (χ2n) is 6.77. The lowest BCUT2D eigenvalue weighted by Crippen LogP contribution is -2.48. The number of halogens is 1. The van der Waals surface area contributed by atoms with Gasteiger partial charge in [0, 0.05) is 63.2 Å². The lowest BCUT2D eigenvalue weighted by atomic mass is 10.2. The van der Waals surface area contributed by atoms with E-state index in [1.807, 2.05) is 12.1 Å². The standard InChI is InChI=1S/C21H21FN6O/c22-18-3-5-19(6-4-18)27-8-10-28(11-9-27)20(29)17-14-25-21(26-15-17)24-13-16-2-1-7-23-12-16/h1-7,12,14-15H,8-11,13H2,(H,24,25,26). The van der Waals surface area contributed by atoms with Gasteiger partial charge in [-0.15, -0.1) is 0 Å². The third kappa shape index (κ3) is 4.66. The molecular formula is C21H21FN6O. The van der Waals surface area contributed by atoms with Gasteiger partial charge in [-0.2, -0.15) is 0 Å². The molecule has 3 heterocycles. The Balaban J connectivity index is 1.31. The van der Waals surface area contributed by atoms with E-state index >= 15 is 0 Å². The fourth-order valence-electron chi connectivity index (χ4n) is 3.22. The molecule has 1 saturated heterocycles. The van der Waals surface area contributed by atoms with Gasteiger partial charge in [-0.3, -0.25) is 9.78 Å². The van der Waals surface area contributed by atoms with Crippen molar-refractivity contribution in [2.24, 2.45) is 0 Å². The van der Waals surface area contributed by atoms with E-state index in [4.69, 9.17) is 0 Å². The van der Waals surface area contributed by atoms with Crippen LogP contribution in [0.3, 0.4) is 0 Å². The van der Waals surface area contributed by atoms with E-state index in [2.05, 4.69) is 25.2 Å². The van der Waals surface area contributed by atoms with Crippen LogP contribution in [0.2, 0.25) is 0 Å². The molecule has 29 heavy (non-hydrogen) atoms. The number of anilines is 2. The quantitative estimate of drug-likeness (QED) is 0.720. The average Bonchev–Trinajstić information content (AvgIpc) is 2.79. The highest BCUT2D eigenvalue weighted by Gasteiger charge is 2.22. The summed E-state index contributed by atoms with van der Waals surface area (Å²) in [6.07, 6.45) is 6.59. The molecule has 0 spiro atoms. The van der Waals surface area contributed by atoms with Gasteiger partial charge in [0.25, 0.3) is 5.91 Å². The van der Waals surface area contributed by atoms with Gasteiger partial charge in [-0.1, -0.05) is 6.07 Å². The van der Waals surface area contributed by atoms with E-state index in [1.54, 1.807) is 41.8 Å². The van der Waals surface area contributed by atoms with Gasteiger partial charge in [0.05, 0.1) is 5.56 Å². The third-order valence-electron chi connectivity index (χ3n) is 4.83. The first kappa shape index (κ1) is 18.8. The number of carbonyl (C=O) groups is 1. The smallest absolute Gasteiger partial charge is 0.257 e. The van der Waals surface area contributed by atoms with Crippen LogP contribution >= 0.6 is 0 Å². The third-order valence-corrected chi connectivity index (χ3v) is 4.83. The Morgan fingerprint density at radius 1 is 1.00 bits per heavy atom. The fraction of sp³-hybridized carbons (Fsp3) is 0.238. The summed E-state index contributed by atoms with van der Waals surface area (Å²) in [4.78, 5) is 29.2. The molecule has 2 aromatic heterocycles. The predicted octanol–water partition coefficient (Wildman–Crippen LogP) is 2.59. The molecule has 148 valence electrons. The van der Waals surface area contributed by atoms with Crippen molar-refractivity contribution in [2.75, 3.05) is 36.4 Å². The van der Waals surface area contributed by atoms with E-state index in [1.165, 1.54) is 12.1 Å². The van der Waals surface area contributed by atoms with E-state index in [0.29, 0.717) is 44.2 Å². The number of carbonyl (C=O) groups excluding carboxylic acids is 1. The molecule has 0 aliphatic carbocycles. The minimum atomic E-state index is -0.249.